The highest BCUT2D eigenvalue weighted by Gasteiger charge is 2.32. The van der Waals surface area contributed by atoms with Gasteiger partial charge in [-0.3, -0.25) is 4.90 Å². The molecular weight excluding hydrogens is 271 g/mol. The fourth-order valence-corrected chi connectivity index (χ4v) is 2.32. The molecule has 1 saturated heterocycles. The molecule has 1 aromatic rings. The predicted octanol–water partition coefficient (Wildman–Crippen LogP) is 1.96. The van der Waals surface area contributed by atoms with Gasteiger partial charge in [0.25, 0.3) is 0 Å². The highest BCUT2D eigenvalue weighted by molar-refractivity contribution is 5.60. The molecule has 7 heteroatoms. The summed E-state index contributed by atoms with van der Waals surface area (Å²) in [6, 6.07) is 5.36. The maximum absolute atomic E-state index is 12.3. The van der Waals surface area contributed by atoms with E-state index in [1.165, 1.54) is 4.90 Å². The molecule has 0 bridgehead atoms. The Kier molecular flexibility index (Phi) is 4.27. The fourth-order valence-electron chi connectivity index (χ4n) is 2.32. The van der Waals surface area contributed by atoms with Crippen LogP contribution in [0.15, 0.2) is 18.2 Å². The van der Waals surface area contributed by atoms with Crippen molar-refractivity contribution in [3.8, 4) is 5.75 Å². The number of piperazine rings is 1. The molecule has 2 N–H and O–H groups in total. The van der Waals surface area contributed by atoms with E-state index in [0.717, 1.165) is 5.69 Å². The molecule has 1 aliphatic heterocycles. The third kappa shape index (κ3) is 3.93. The summed E-state index contributed by atoms with van der Waals surface area (Å²) >= 11 is 0. The van der Waals surface area contributed by atoms with Crippen LogP contribution in [0.25, 0.3) is 0 Å². The van der Waals surface area contributed by atoms with E-state index >= 15 is 0 Å². The number of hydrogen-bond acceptors (Lipinski definition) is 4. The molecular formula is C13H18F3N3O. The van der Waals surface area contributed by atoms with E-state index in [4.69, 9.17) is 10.5 Å². The lowest BCUT2D eigenvalue weighted by Crippen LogP contribution is -2.49. The quantitative estimate of drug-likeness (QED) is 0.864. The molecule has 0 radical (unpaired) electrons. The number of halogens is 3. The first-order valence-electron chi connectivity index (χ1n) is 6.36. The number of ether oxygens (including phenoxy) is 1. The summed E-state index contributed by atoms with van der Waals surface area (Å²) in [5.74, 6) is 0.651. The van der Waals surface area contributed by atoms with Crippen molar-refractivity contribution in [3.05, 3.63) is 18.2 Å². The molecule has 4 nitrogen and oxygen atoms in total. The minimum atomic E-state index is -4.14. The van der Waals surface area contributed by atoms with Crippen LogP contribution in [0.1, 0.15) is 0 Å². The van der Waals surface area contributed by atoms with Crippen LogP contribution in [0.5, 0.6) is 5.75 Å². The van der Waals surface area contributed by atoms with E-state index in [-0.39, 0.29) is 0 Å². The van der Waals surface area contributed by atoms with Gasteiger partial charge in [-0.2, -0.15) is 13.2 Å². The first-order valence-corrected chi connectivity index (χ1v) is 6.36. The first kappa shape index (κ1) is 14.8. The molecule has 0 aliphatic carbocycles. The second kappa shape index (κ2) is 5.78. The van der Waals surface area contributed by atoms with E-state index in [2.05, 4.69) is 0 Å². The van der Waals surface area contributed by atoms with Gasteiger partial charge in [0, 0.05) is 49.7 Å². The number of methoxy groups -OCH3 is 1. The average molecular weight is 289 g/mol. The molecule has 1 heterocycles. The standard InChI is InChI=1S/C13H18F3N3O/c1-20-12-7-10(17)6-11(8-12)19-4-2-18(3-5-19)9-13(14,15)16/h6-8H,2-5,9,17H2,1H3. The number of benzene rings is 1. The number of rotatable bonds is 3. The third-order valence-electron chi connectivity index (χ3n) is 3.29. The Morgan fingerprint density at radius 1 is 1.15 bits per heavy atom. The van der Waals surface area contributed by atoms with E-state index in [0.29, 0.717) is 37.6 Å². The molecule has 0 unspecified atom stereocenters. The summed E-state index contributed by atoms with van der Waals surface area (Å²) in [4.78, 5) is 3.44. The van der Waals surface area contributed by atoms with Crippen molar-refractivity contribution < 1.29 is 17.9 Å². The highest BCUT2D eigenvalue weighted by Crippen LogP contribution is 2.26. The Balaban J connectivity index is 1.98. The van der Waals surface area contributed by atoms with E-state index < -0.39 is 12.7 Å². The average Bonchev–Trinajstić information content (AvgIpc) is 2.37. The second-order valence-electron chi connectivity index (χ2n) is 4.84. The number of nitrogen functional groups attached to an aromatic ring is 1. The number of anilines is 2. The number of nitrogens with zero attached hydrogens (tertiary/aromatic N) is 2. The predicted molar refractivity (Wildman–Crippen MR) is 72.1 cm³/mol. The van der Waals surface area contributed by atoms with Crippen LogP contribution in [0.3, 0.4) is 0 Å². The fraction of sp³-hybridized carbons (Fsp3) is 0.538. The zero-order valence-corrected chi connectivity index (χ0v) is 11.3. The maximum Gasteiger partial charge on any atom is 0.401 e. The van der Waals surface area contributed by atoms with Crippen LogP contribution in [-0.2, 0) is 0 Å². The van der Waals surface area contributed by atoms with Gasteiger partial charge in [-0.1, -0.05) is 0 Å². The monoisotopic (exact) mass is 289 g/mol. The van der Waals surface area contributed by atoms with E-state index in [1.54, 1.807) is 13.2 Å². The maximum atomic E-state index is 12.3. The van der Waals surface area contributed by atoms with Gasteiger partial charge in [0.1, 0.15) is 5.75 Å². The lowest BCUT2D eigenvalue weighted by atomic mass is 10.2. The third-order valence-corrected chi connectivity index (χ3v) is 3.29. The second-order valence-corrected chi connectivity index (χ2v) is 4.84. The number of nitrogens with two attached hydrogens (primary N) is 1. The molecule has 1 aromatic carbocycles. The first-order chi connectivity index (χ1) is 9.37. The molecule has 0 aromatic heterocycles. The van der Waals surface area contributed by atoms with Crippen molar-refractivity contribution in [3.63, 3.8) is 0 Å². The smallest absolute Gasteiger partial charge is 0.401 e. The molecule has 0 amide bonds. The van der Waals surface area contributed by atoms with Crippen LogP contribution in [0.4, 0.5) is 24.5 Å². The van der Waals surface area contributed by atoms with Crippen LogP contribution in [0, 0.1) is 0 Å². The van der Waals surface area contributed by atoms with Crippen LogP contribution < -0.4 is 15.4 Å². The minimum Gasteiger partial charge on any atom is -0.497 e. The highest BCUT2D eigenvalue weighted by atomic mass is 19.4. The largest absolute Gasteiger partial charge is 0.497 e. The molecule has 20 heavy (non-hydrogen) atoms. The molecule has 2 rings (SSSR count). The molecule has 1 aliphatic rings. The molecule has 0 saturated carbocycles. The Hall–Kier alpha value is -1.63. The summed E-state index contributed by atoms with van der Waals surface area (Å²) in [6.45, 7) is 1.01. The van der Waals surface area contributed by atoms with Gasteiger partial charge < -0.3 is 15.4 Å². The Bertz CT molecular complexity index is 457. The summed E-state index contributed by atoms with van der Waals surface area (Å²) in [7, 11) is 1.56. The van der Waals surface area contributed by atoms with Crippen molar-refractivity contribution in [2.45, 2.75) is 6.18 Å². The lowest BCUT2D eigenvalue weighted by molar-refractivity contribution is -0.146. The SMILES string of the molecule is COc1cc(N)cc(N2CCN(CC(F)(F)F)CC2)c1. The van der Waals surface area contributed by atoms with Crippen molar-refractivity contribution in [1.82, 2.24) is 4.90 Å². The van der Waals surface area contributed by atoms with Crippen molar-refractivity contribution in [1.29, 1.82) is 0 Å². The Morgan fingerprint density at radius 2 is 1.80 bits per heavy atom. The van der Waals surface area contributed by atoms with Gasteiger partial charge in [0.2, 0.25) is 0 Å². The lowest BCUT2D eigenvalue weighted by Gasteiger charge is -2.36. The summed E-state index contributed by atoms with van der Waals surface area (Å²) in [5.41, 5.74) is 7.25. The zero-order valence-electron chi connectivity index (χ0n) is 11.3. The molecule has 0 atom stereocenters. The molecule has 112 valence electrons. The van der Waals surface area contributed by atoms with Gasteiger partial charge in [0.05, 0.1) is 13.7 Å². The molecule has 0 spiro atoms. The topological polar surface area (TPSA) is 41.7 Å². The van der Waals surface area contributed by atoms with Gasteiger partial charge in [0.15, 0.2) is 0 Å². The summed E-state index contributed by atoms with van der Waals surface area (Å²) in [6.07, 6.45) is -4.14. The number of hydrogen-bond donors (Lipinski definition) is 1. The van der Waals surface area contributed by atoms with Crippen molar-refractivity contribution in [2.24, 2.45) is 0 Å². The molecule has 1 fully saturated rings. The van der Waals surface area contributed by atoms with Gasteiger partial charge in [-0.25, -0.2) is 0 Å². The van der Waals surface area contributed by atoms with Crippen molar-refractivity contribution >= 4 is 11.4 Å². The summed E-state index contributed by atoms with van der Waals surface area (Å²) < 4.78 is 42.1. The Labute approximate surface area is 115 Å². The van der Waals surface area contributed by atoms with Crippen molar-refractivity contribution in [2.75, 3.05) is 50.5 Å². The summed E-state index contributed by atoms with van der Waals surface area (Å²) in [5, 5.41) is 0. The van der Waals surface area contributed by atoms with Gasteiger partial charge >= 0.3 is 6.18 Å². The normalized spacial score (nSPS) is 17.3. The number of alkyl halides is 3. The van der Waals surface area contributed by atoms with Crippen LogP contribution in [-0.4, -0.2) is 50.9 Å². The zero-order chi connectivity index (χ0) is 14.8. The van der Waals surface area contributed by atoms with E-state index in [9.17, 15) is 13.2 Å². The van der Waals surface area contributed by atoms with Crippen LogP contribution in [0.2, 0.25) is 0 Å². The van der Waals surface area contributed by atoms with Crippen LogP contribution >= 0.6 is 0 Å². The van der Waals surface area contributed by atoms with Gasteiger partial charge in [-0.05, 0) is 6.07 Å². The Morgan fingerprint density at radius 3 is 2.35 bits per heavy atom. The minimum absolute atomic E-state index is 0.386. The van der Waals surface area contributed by atoms with E-state index in [1.807, 2.05) is 17.0 Å². The van der Waals surface area contributed by atoms with Gasteiger partial charge in [-0.15, -0.1) is 0 Å².